The van der Waals surface area contributed by atoms with Crippen molar-refractivity contribution in [1.82, 2.24) is 5.32 Å². The zero-order valence-electron chi connectivity index (χ0n) is 12.0. The lowest BCUT2D eigenvalue weighted by atomic mass is 10.2. The highest BCUT2D eigenvalue weighted by molar-refractivity contribution is 9.10. The lowest BCUT2D eigenvalue weighted by molar-refractivity contribution is -0.124. The van der Waals surface area contributed by atoms with Gasteiger partial charge >= 0.3 is 5.97 Å². The summed E-state index contributed by atoms with van der Waals surface area (Å²) in [4.78, 5) is 23.1. The van der Waals surface area contributed by atoms with E-state index in [0.29, 0.717) is 11.0 Å². The molecule has 0 atom stereocenters. The smallest absolute Gasteiger partial charge is 0.339 e. The first-order chi connectivity index (χ1) is 10.3. The molecule has 122 valence electrons. The first kappa shape index (κ1) is 18.6. The molecule has 0 aliphatic heterocycles. The highest BCUT2D eigenvalue weighted by Crippen LogP contribution is 2.21. The molecule has 0 aromatic heterocycles. The largest absolute Gasteiger partial charge is 0.452 e. The molecule has 1 rings (SSSR count). The number of ether oxygens (including phenoxy) is 1. The van der Waals surface area contributed by atoms with Crippen LogP contribution in [0.15, 0.2) is 27.6 Å². The fraction of sp³-hybridized carbons (Fsp3) is 0.385. The number of hydrogen-bond acceptors (Lipinski definition) is 5. The van der Waals surface area contributed by atoms with Crippen molar-refractivity contribution in [2.45, 2.75) is 24.7 Å². The summed E-state index contributed by atoms with van der Waals surface area (Å²) in [7, 11) is -3.93. The molecule has 1 aromatic carbocycles. The summed E-state index contributed by atoms with van der Waals surface area (Å²) < 4.78 is 27.8. The van der Waals surface area contributed by atoms with E-state index in [0.717, 1.165) is 18.9 Å². The maximum atomic E-state index is 11.9. The molecule has 0 spiro atoms. The lowest BCUT2D eigenvalue weighted by Gasteiger charge is -2.08. The minimum Gasteiger partial charge on any atom is -0.452 e. The number of nitrogens with one attached hydrogen (secondary N) is 1. The van der Waals surface area contributed by atoms with Crippen molar-refractivity contribution in [3.8, 4) is 0 Å². The third-order valence-corrected chi connectivity index (χ3v) is 4.28. The Balaban J connectivity index is 2.72. The topological polar surface area (TPSA) is 116 Å². The number of halogens is 1. The Morgan fingerprint density at radius 3 is 2.64 bits per heavy atom. The number of amides is 1. The van der Waals surface area contributed by atoms with Crippen LogP contribution < -0.4 is 10.5 Å². The Labute approximate surface area is 137 Å². The van der Waals surface area contributed by atoms with Crippen LogP contribution in [0.25, 0.3) is 0 Å². The van der Waals surface area contributed by atoms with Crippen molar-refractivity contribution in [2.75, 3.05) is 13.2 Å². The molecule has 0 bridgehead atoms. The Kier molecular flexibility index (Phi) is 6.98. The molecule has 3 N–H and O–H groups in total. The van der Waals surface area contributed by atoms with Gasteiger partial charge in [0.1, 0.15) is 0 Å². The molecule has 7 nitrogen and oxygen atoms in total. The minimum atomic E-state index is -3.93. The summed E-state index contributed by atoms with van der Waals surface area (Å²) in [6.45, 7) is 2.06. The number of hydrogen-bond donors (Lipinski definition) is 2. The summed E-state index contributed by atoms with van der Waals surface area (Å²) in [5.74, 6) is -1.23. The van der Waals surface area contributed by atoms with Crippen molar-refractivity contribution in [3.63, 3.8) is 0 Å². The van der Waals surface area contributed by atoms with Gasteiger partial charge in [0.25, 0.3) is 5.91 Å². The predicted molar refractivity (Wildman–Crippen MR) is 83.7 cm³/mol. The standard InChI is InChI=1S/C13H17BrN2O5S/c1-2-3-6-16-12(17)8-21-13(18)10-7-9(22(15,19)20)4-5-11(10)14/h4-5,7H,2-3,6,8H2,1H3,(H,16,17)(H2,15,19,20). The fourth-order valence-corrected chi connectivity index (χ4v) is 2.45. The molecule has 1 amide bonds. The molecular weight excluding hydrogens is 376 g/mol. The lowest BCUT2D eigenvalue weighted by Crippen LogP contribution is -2.29. The minimum absolute atomic E-state index is 0.0205. The first-order valence-corrected chi connectivity index (χ1v) is 8.85. The zero-order chi connectivity index (χ0) is 16.8. The van der Waals surface area contributed by atoms with Gasteiger partial charge in [-0.15, -0.1) is 0 Å². The third kappa shape index (κ3) is 5.74. The maximum absolute atomic E-state index is 11.9. The number of sulfonamides is 1. The van der Waals surface area contributed by atoms with E-state index in [-0.39, 0.29) is 10.5 Å². The van der Waals surface area contributed by atoms with Crippen molar-refractivity contribution >= 4 is 37.8 Å². The molecule has 9 heteroatoms. The monoisotopic (exact) mass is 392 g/mol. The average molecular weight is 393 g/mol. The van der Waals surface area contributed by atoms with E-state index in [1.54, 1.807) is 0 Å². The van der Waals surface area contributed by atoms with E-state index in [2.05, 4.69) is 21.2 Å². The van der Waals surface area contributed by atoms with Gasteiger partial charge in [0, 0.05) is 11.0 Å². The molecule has 0 aliphatic rings. The molecule has 0 aliphatic carbocycles. The van der Waals surface area contributed by atoms with E-state index < -0.39 is 28.5 Å². The average Bonchev–Trinajstić information content (AvgIpc) is 2.44. The Morgan fingerprint density at radius 2 is 2.05 bits per heavy atom. The van der Waals surface area contributed by atoms with Gasteiger partial charge in [0.15, 0.2) is 6.61 Å². The highest BCUT2D eigenvalue weighted by atomic mass is 79.9. The van der Waals surface area contributed by atoms with Crippen LogP contribution in [0.5, 0.6) is 0 Å². The van der Waals surface area contributed by atoms with E-state index in [1.165, 1.54) is 12.1 Å². The van der Waals surface area contributed by atoms with Crippen LogP contribution in [0.2, 0.25) is 0 Å². The zero-order valence-corrected chi connectivity index (χ0v) is 14.4. The quantitative estimate of drug-likeness (QED) is 0.533. The maximum Gasteiger partial charge on any atom is 0.339 e. The second-order valence-corrected chi connectivity index (χ2v) is 6.88. The molecule has 0 unspecified atom stereocenters. The molecule has 0 fully saturated rings. The normalized spacial score (nSPS) is 11.0. The Hall–Kier alpha value is -1.45. The number of carbonyl (C=O) groups excluding carboxylic acids is 2. The van der Waals surface area contributed by atoms with Crippen LogP contribution in [0.3, 0.4) is 0 Å². The molecule has 0 heterocycles. The van der Waals surface area contributed by atoms with E-state index in [9.17, 15) is 18.0 Å². The Bertz CT molecular complexity index is 660. The molecule has 1 aromatic rings. The third-order valence-electron chi connectivity index (χ3n) is 2.67. The number of benzene rings is 1. The summed E-state index contributed by atoms with van der Waals surface area (Å²) in [5, 5.41) is 7.60. The van der Waals surface area contributed by atoms with Gasteiger partial charge in [-0.25, -0.2) is 18.4 Å². The van der Waals surface area contributed by atoms with E-state index in [4.69, 9.17) is 9.88 Å². The molecule has 0 saturated carbocycles. The molecular formula is C13H17BrN2O5S. The fourth-order valence-electron chi connectivity index (χ4n) is 1.50. The van der Waals surface area contributed by atoms with Crippen molar-refractivity contribution < 1.29 is 22.7 Å². The number of primary sulfonamides is 1. The van der Waals surface area contributed by atoms with Crippen LogP contribution in [-0.4, -0.2) is 33.4 Å². The number of carbonyl (C=O) groups is 2. The number of unbranched alkanes of at least 4 members (excludes halogenated alkanes) is 1. The van der Waals surface area contributed by atoms with Gasteiger partial charge in [-0.1, -0.05) is 13.3 Å². The van der Waals surface area contributed by atoms with Crippen LogP contribution in [-0.2, 0) is 19.6 Å². The highest BCUT2D eigenvalue weighted by Gasteiger charge is 2.17. The van der Waals surface area contributed by atoms with Crippen molar-refractivity contribution in [1.29, 1.82) is 0 Å². The molecule has 0 saturated heterocycles. The van der Waals surface area contributed by atoms with E-state index in [1.807, 2.05) is 6.92 Å². The second-order valence-electron chi connectivity index (χ2n) is 4.47. The molecule has 0 radical (unpaired) electrons. The van der Waals surface area contributed by atoms with Crippen LogP contribution in [0.4, 0.5) is 0 Å². The predicted octanol–water partition coefficient (Wildman–Crippen LogP) is 1.17. The van der Waals surface area contributed by atoms with Crippen LogP contribution >= 0.6 is 15.9 Å². The summed E-state index contributed by atoms with van der Waals surface area (Å²) in [5.41, 5.74) is -0.0205. The van der Waals surface area contributed by atoms with Gasteiger partial charge < -0.3 is 10.1 Å². The number of rotatable bonds is 7. The van der Waals surface area contributed by atoms with E-state index >= 15 is 0 Å². The van der Waals surface area contributed by atoms with Gasteiger partial charge in [0.2, 0.25) is 10.0 Å². The summed E-state index contributed by atoms with van der Waals surface area (Å²) in [6.07, 6.45) is 1.77. The van der Waals surface area contributed by atoms with Gasteiger partial charge in [-0.2, -0.15) is 0 Å². The second kappa shape index (κ2) is 8.25. The number of esters is 1. The SMILES string of the molecule is CCCCNC(=O)COC(=O)c1cc(S(N)(=O)=O)ccc1Br. The number of nitrogens with two attached hydrogens (primary N) is 1. The first-order valence-electron chi connectivity index (χ1n) is 6.52. The Morgan fingerprint density at radius 1 is 1.36 bits per heavy atom. The summed E-state index contributed by atoms with van der Waals surface area (Å²) in [6, 6.07) is 3.72. The van der Waals surface area contributed by atoms with Crippen molar-refractivity contribution in [2.24, 2.45) is 5.14 Å². The van der Waals surface area contributed by atoms with Gasteiger partial charge in [0.05, 0.1) is 10.5 Å². The van der Waals surface area contributed by atoms with Gasteiger partial charge in [-0.05, 0) is 40.5 Å². The molecule has 22 heavy (non-hydrogen) atoms. The van der Waals surface area contributed by atoms with Crippen molar-refractivity contribution in [3.05, 3.63) is 28.2 Å². The van der Waals surface area contributed by atoms with Gasteiger partial charge in [-0.3, -0.25) is 4.79 Å². The van der Waals surface area contributed by atoms with Crippen LogP contribution in [0, 0.1) is 0 Å². The van der Waals surface area contributed by atoms with Crippen LogP contribution in [0.1, 0.15) is 30.1 Å². The summed E-state index contributed by atoms with van der Waals surface area (Å²) >= 11 is 3.12.